The highest BCUT2D eigenvalue weighted by Gasteiger charge is 2.70. The van der Waals surface area contributed by atoms with E-state index in [0.29, 0.717) is 27.7 Å². The molecule has 4 aliphatic rings. The monoisotopic (exact) mass is 494 g/mol. The van der Waals surface area contributed by atoms with Crippen molar-refractivity contribution in [2.45, 2.75) is 18.7 Å². The van der Waals surface area contributed by atoms with Crippen LogP contribution in [0.1, 0.15) is 17.5 Å². The third-order valence-corrected chi connectivity index (χ3v) is 7.88. The Morgan fingerprint density at radius 2 is 1.70 bits per heavy atom. The molecule has 2 aromatic rings. The first-order valence-electron chi connectivity index (χ1n) is 10.4. The highest BCUT2D eigenvalue weighted by molar-refractivity contribution is 6.37. The van der Waals surface area contributed by atoms with E-state index >= 15 is 0 Å². The number of halogens is 5. The Bertz CT molecular complexity index is 1250. The van der Waals surface area contributed by atoms with Crippen molar-refractivity contribution in [3.8, 4) is 0 Å². The zero-order chi connectivity index (χ0) is 23.2. The van der Waals surface area contributed by atoms with E-state index in [1.165, 1.54) is 12.1 Å². The van der Waals surface area contributed by atoms with Gasteiger partial charge in [0.1, 0.15) is 6.10 Å². The molecular formula is C23H15Cl2F3N2O3. The summed E-state index contributed by atoms with van der Waals surface area (Å²) in [5.74, 6) is -2.90. The fourth-order valence-electron chi connectivity index (χ4n) is 6.12. The van der Waals surface area contributed by atoms with Gasteiger partial charge in [-0.25, -0.2) is 0 Å². The number of carbonyl (C=O) groups is 2. The summed E-state index contributed by atoms with van der Waals surface area (Å²) >= 11 is 12.4. The molecular weight excluding hydrogens is 480 g/mol. The predicted molar refractivity (Wildman–Crippen MR) is 114 cm³/mol. The summed E-state index contributed by atoms with van der Waals surface area (Å²) in [5.41, 5.74) is 0.302. The third-order valence-electron chi connectivity index (χ3n) is 7.33. The molecule has 2 aliphatic carbocycles. The second-order valence-electron chi connectivity index (χ2n) is 8.87. The average molecular weight is 495 g/mol. The van der Waals surface area contributed by atoms with Crippen LogP contribution in [-0.2, 0) is 20.6 Å². The number of fused-ring (bicyclic) bond motifs is 8. The van der Waals surface area contributed by atoms with Gasteiger partial charge in [-0.05, 0) is 42.7 Å². The third kappa shape index (κ3) is 2.89. The summed E-state index contributed by atoms with van der Waals surface area (Å²) in [7, 11) is 0. The van der Waals surface area contributed by atoms with Crippen molar-refractivity contribution in [2.24, 2.45) is 34.7 Å². The smallest absolute Gasteiger partial charge is 0.391 e. The highest BCUT2D eigenvalue weighted by atomic mass is 35.5. The number of nitrogens with zero attached hydrogens (tertiary/aromatic N) is 2. The molecule has 2 aliphatic heterocycles. The Labute approximate surface area is 196 Å². The van der Waals surface area contributed by atoms with Gasteiger partial charge in [0.15, 0.2) is 0 Å². The summed E-state index contributed by atoms with van der Waals surface area (Å²) in [6.07, 6.45) is -4.34. The van der Waals surface area contributed by atoms with Crippen LogP contribution >= 0.6 is 23.2 Å². The van der Waals surface area contributed by atoms with Crippen molar-refractivity contribution in [3.63, 3.8) is 0 Å². The maximum atomic E-state index is 13.4. The minimum absolute atomic E-state index is 0.0608. The van der Waals surface area contributed by atoms with Gasteiger partial charge in [0.05, 0.1) is 33.8 Å². The summed E-state index contributed by atoms with van der Waals surface area (Å²) in [4.78, 5) is 33.3. The molecule has 170 valence electrons. The van der Waals surface area contributed by atoms with Crippen LogP contribution in [0.25, 0.3) is 0 Å². The molecule has 10 heteroatoms. The van der Waals surface area contributed by atoms with Gasteiger partial charge in [-0.15, -0.1) is 0 Å². The van der Waals surface area contributed by atoms with Crippen LogP contribution in [0.4, 0.5) is 18.9 Å². The molecule has 3 fully saturated rings. The molecule has 5 nitrogen and oxygen atoms in total. The van der Waals surface area contributed by atoms with Crippen LogP contribution < -0.4 is 4.90 Å². The number of benzene rings is 2. The lowest BCUT2D eigenvalue weighted by Crippen LogP contribution is -2.41. The van der Waals surface area contributed by atoms with Gasteiger partial charge >= 0.3 is 6.18 Å². The Morgan fingerprint density at radius 1 is 0.970 bits per heavy atom. The Hall–Kier alpha value is -2.58. The van der Waals surface area contributed by atoms with E-state index in [1.807, 2.05) is 0 Å². The van der Waals surface area contributed by atoms with Crippen molar-refractivity contribution in [1.29, 1.82) is 0 Å². The fraction of sp³-hybridized carbons (Fsp3) is 0.348. The summed E-state index contributed by atoms with van der Waals surface area (Å²) in [5, 5.41) is 5.12. The first-order chi connectivity index (χ1) is 15.7. The summed E-state index contributed by atoms with van der Waals surface area (Å²) in [6, 6.07) is 9.35. The van der Waals surface area contributed by atoms with E-state index in [0.717, 1.165) is 17.0 Å². The number of hydrogen-bond donors (Lipinski definition) is 0. The number of oxime groups is 1. The number of carbonyl (C=O) groups excluding carboxylic acids is 2. The van der Waals surface area contributed by atoms with E-state index in [4.69, 9.17) is 28.0 Å². The lowest BCUT2D eigenvalue weighted by atomic mass is 9.71. The minimum atomic E-state index is -4.58. The molecule has 0 N–H and O–H groups in total. The molecule has 0 aromatic heterocycles. The second-order valence-corrected chi connectivity index (χ2v) is 9.72. The molecule has 2 heterocycles. The number of amides is 2. The SMILES string of the molecule is O=C1[C@@H]2[C@H]3C[C@H]([C@H]4ON=C(c5ccc(Cl)cc5Cl)[C@@H]34)[C@@H]2C(=O)N1c1cccc(C(F)(F)F)c1. The van der Waals surface area contributed by atoms with Crippen LogP contribution in [0.2, 0.25) is 10.0 Å². The van der Waals surface area contributed by atoms with Crippen LogP contribution in [0.5, 0.6) is 0 Å². The molecule has 0 spiro atoms. The molecule has 2 amide bonds. The van der Waals surface area contributed by atoms with Crippen LogP contribution in [0.3, 0.4) is 0 Å². The first-order valence-corrected chi connectivity index (χ1v) is 11.2. The van der Waals surface area contributed by atoms with Gasteiger partial charge in [-0.3, -0.25) is 14.5 Å². The number of hydrogen-bond acceptors (Lipinski definition) is 4. The fourth-order valence-corrected chi connectivity index (χ4v) is 6.63. The zero-order valence-electron chi connectivity index (χ0n) is 16.7. The molecule has 0 radical (unpaired) electrons. The lowest BCUT2D eigenvalue weighted by Gasteiger charge is -2.30. The number of alkyl halides is 3. The van der Waals surface area contributed by atoms with Gasteiger partial charge in [0.25, 0.3) is 0 Å². The van der Waals surface area contributed by atoms with Crippen molar-refractivity contribution in [3.05, 3.63) is 63.6 Å². The standard InChI is InChI=1S/C23H15Cl2F3N2O3/c24-10-4-5-12(15(25)7-10)19-18-13-8-14(20(18)33-29-19)17-16(13)21(31)30(22(17)32)11-3-1-2-9(6-11)23(26,27)28/h1-7,13-14,16-18,20H,8H2/t13-,14+,16-,17+,18-,20-/m1/s1. The van der Waals surface area contributed by atoms with E-state index < -0.39 is 35.4 Å². The average Bonchev–Trinajstić information content (AvgIpc) is 3.48. The maximum Gasteiger partial charge on any atom is 0.416 e. The van der Waals surface area contributed by atoms with Gasteiger partial charge in [-0.2, -0.15) is 13.2 Å². The summed E-state index contributed by atoms with van der Waals surface area (Å²) in [6.45, 7) is 0. The normalized spacial score (nSPS) is 32.2. The minimum Gasteiger partial charge on any atom is -0.391 e. The first kappa shape index (κ1) is 21.0. The van der Waals surface area contributed by atoms with Crippen molar-refractivity contribution < 1.29 is 27.6 Å². The molecule has 6 atom stereocenters. The Balaban J connectivity index is 1.35. The van der Waals surface area contributed by atoms with Crippen molar-refractivity contribution >= 4 is 46.4 Å². The topological polar surface area (TPSA) is 59.0 Å². The second kappa shape index (κ2) is 6.96. The van der Waals surface area contributed by atoms with Gasteiger partial charge in [-0.1, -0.05) is 40.5 Å². The summed E-state index contributed by atoms with van der Waals surface area (Å²) < 4.78 is 39.6. The Kier molecular flexibility index (Phi) is 4.43. The lowest BCUT2D eigenvalue weighted by molar-refractivity contribution is -0.137. The molecule has 2 saturated carbocycles. The molecule has 1 saturated heterocycles. The molecule has 0 unspecified atom stereocenters. The van der Waals surface area contributed by atoms with E-state index in [2.05, 4.69) is 5.16 Å². The maximum absolute atomic E-state index is 13.4. The van der Waals surface area contributed by atoms with Gasteiger partial charge in [0, 0.05) is 22.4 Å². The van der Waals surface area contributed by atoms with E-state index in [9.17, 15) is 22.8 Å². The molecule has 2 aromatic carbocycles. The van der Waals surface area contributed by atoms with E-state index in [1.54, 1.807) is 18.2 Å². The van der Waals surface area contributed by atoms with E-state index in [-0.39, 0.29) is 29.5 Å². The predicted octanol–water partition coefficient (Wildman–Crippen LogP) is 5.19. The zero-order valence-corrected chi connectivity index (χ0v) is 18.2. The van der Waals surface area contributed by atoms with Crippen molar-refractivity contribution in [1.82, 2.24) is 0 Å². The van der Waals surface area contributed by atoms with Crippen LogP contribution in [0, 0.1) is 29.6 Å². The molecule has 6 rings (SSSR count). The largest absolute Gasteiger partial charge is 0.416 e. The molecule has 2 bridgehead atoms. The van der Waals surface area contributed by atoms with Crippen LogP contribution in [-0.4, -0.2) is 23.6 Å². The van der Waals surface area contributed by atoms with Crippen LogP contribution in [0.15, 0.2) is 47.6 Å². The highest BCUT2D eigenvalue weighted by Crippen LogP contribution is 2.62. The number of imide groups is 1. The Morgan fingerprint density at radius 3 is 2.39 bits per heavy atom. The number of anilines is 1. The van der Waals surface area contributed by atoms with Gasteiger partial charge in [0.2, 0.25) is 11.8 Å². The van der Waals surface area contributed by atoms with Crippen molar-refractivity contribution in [2.75, 3.05) is 4.90 Å². The number of rotatable bonds is 2. The molecule has 33 heavy (non-hydrogen) atoms. The quantitative estimate of drug-likeness (QED) is 0.540. The van der Waals surface area contributed by atoms with Gasteiger partial charge < -0.3 is 4.84 Å².